The molecular formula is C20H26N2O3. The molecule has 1 amide bonds. The van der Waals surface area contributed by atoms with Crippen LogP contribution in [0.4, 0.5) is 0 Å². The molecule has 0 spiro atoms. The van der Waals surface area contributed by atoms with E-state index in [1.807, 2.05) is 32.0 Å². The first-order valence-electron chi connectivity index (χ1n) is 8.85. The van der Waals surface area contributed by atoms with Crippen LogP contribution in [0.5, 0.6) is 0 Å². The molecule has 2 N–H and O–H groups in total. The molecule has 25 heavy (non-hydrogen) atoms. The zero-order chi connectivity index (χ0) is 17.8. The lowest BCUT2D eigenvalue weighted by Gasteiger charge is -2.30. The second kappa shape index (κ2) is 7.85. The van der Waals surface area contributed by atoms with Crippen molar-refractivity contribution >= 4 is 5.91 Å². The monoisotopic (exact) mass is 342 g/mol. The Hall–Kier alpha value is -2.11. The quantitative estimate of drug-likeness (QED) is 0.877. The largest absolute Gasteiger partial charge is 0.456 e. The first kappa shape index (κ1) is 17.7. The molecule has 1 fully saturated rings. The van der Waals surface area contributed by atoms with E-state index in [1.54, 1.807) is 0 Å². The molecule has 5 heteroatoms. The van der Waals surface area contributed by atoms with Gasteiger partial charge in [0.2, 0.25) is 0 Å². The van der Waals surface area contributed by atoms with Crippen molar-refractivity contribution in [3.63, 3.8) is 0 Å². The summed E-state index contributed by atoms with van der Waals surface area (Å²) in [7, 11) is 0. The molecule has 0 aliphatic carbocycles. The minimum Gasteiger partial charge on any atom is -0.456 e. The van der Waals surface area contributed by atoms with Gasteiger partial charge in [-0.1, -0.05) is 24.3 Å². The molecule has 0 radical (unpaired) electrons. The third-order valence-corrected chi connectivity index (χ3v) is 4.76. The molecule has 1 aliphatic heterocycles. The van der Waals surface area contributed by atoms with Crippen LogP contribution >= 0.6 is 0 Å². The Morgan fingerprint density at radius 3 is 2.56 bits per heavy atom. The Labute approximate surface area is 148 Å². The number of rotatable bonds is 5. The fourth-order valence-corrected chi connectivity index (χ4v) is 3.33. The molecule has 0 bridgehead atoms. The molecule has 134 valence electrons. The van der Waals surface area contributed by atoms with Crippen LogP contribution in [0.3, 0.4) is 0 Å². The lowest BCUT2D eigenvalue weighted by molar-refractivity contribution is 0.0790. The van der Waals surface area contributed by atoms with Crippen LogP contribution in [0.15, 0.2) is 34.7 Å². The normalized spacial score (nSPS) is 16.1. The number of likely N-dealkylation sites (tertiary alicyclic amines) is 1. The van der Waals surface area contributed by atoms with Crippen LogP contribution in [0.2, 0.25) is 0 Å². The molecular weight excluding hydrogens is 316 g/mol. The molecule has 0 atom stereocenters. The number of benzene rings is 1. The van der Waals surface area contributed by atoms with Gasteiger partial charge in [0.1, 0.15) is 5.76 Å². The van der Waals surface area contributed by atoms with Gasteiger partial charge in [-0.15, -0.1) is 0 Å². The predicted octanol–water partition coefficient (Wildman–Crippen LogP) is 2.78. The van der Waals surface area contributed by atoms with E-state index in [2.05, 4.69) is 22.3 Å². The van der Waals surface area contributed by atoms with Gasteiger partial charge in [0.25, 0.3) is 5.91 Å². The number of nitrogens with zero attached hydrogens (tertiary/aromatic N) is 1. The summed E-state index contributed by atoms with van der Waals surface area (Å²) in [5.74, 6) is 0.955. The number of hydrogen-bond acceptors (Lipinski definition) is 4. The third kappa shape index (κ3) is 4.50. The van der Waals surface area contributed by atoms with Gasteiger partial charge in [-0.05, 0) is 43.9 Å². The van der Waals surface area contributed by atoms with Crippen molar-refractivity contribution in [2.24, 2.45) is 0 Å². The maximum absolute atomic E-state index is 12.3. The highest BCUT2D eigenvalue weighted by Gasteiger charge is 2.18. The predicted molar refractivity (Wildman–Crippen MR) is 96.3 cm³/mol. The van der Waals surface area contributed by atoms with Gasteiger partial charge < -0.3 is 14.8 Å². The van der Waals surface area contributed by atoms with Crippen LogP contribution in [-0.4, -0.2) is 35.1 Å². The van der Waals surface area contributed by atoms with E-state index < -0.39 is 0 Å². The maximum atomic E-state index is 12.3. The first-order chi connectivity index (χ1) is 12.0. The van der Waals surface area contributed by atoms with Gasteiger partial charge in [-0.2, -0.15) is 0 Å². The van der Waals surface area contributed by atoms with Crippen LogP contribution < -0.4 is 5.32 Å². The van der Waals surface area contributed by atoms with Gasteiger partial charge in [0.15, 0.2) is 5.76 Å². The van der Waals surface area contributed by atoms with Crippen molar-refractivity contribution in [2.75, 3.05) is 13.1 Å². The Balaban J connectivity index is 1.63. The van der Waals surface area contributed by atoms with Gasteiger partial charge in [-0.25, -0.2) is 0 Å². The number of furan rings is 1. The summed E-state index contributed by atoms with van der Waals surface area (Å²) < 4.78 is 5.48. The van der Waals surface area contributed by atoms with Crippen molar-refractivity contribution in [3.05, 3.63) is 58.5 Å². The maximum Gasteiger partial charge on any atom is 0.287 e. The number of amides is 1. The summed E-state index contributed by atoms with van der Waals surface area (Å²) in [6.07, 6.45) is 1.50. The number of aryl methyl sites for hydroxylation is 2. The number of piperidine rings is 1. The van der Waals surface area contributed by atoms with Crippen molar-refractivity contribution in [3.8, 4) is 0 Å². The summed E-state index contributed by atoms with van der Waals surface area (Å²) in [6.45, 7) is 6.86. The SMILES string of the molecule is Cc1cc(C)c(C(=O)NCc2ccccc2CN2CCC(O)CC2)o1. The Morgan fingerprint density at radius 2 is 1.92 bits per heavy atom. The third-order valence-electron chi connectivity index (χ3n) is 4.76. The smallest absolute Gasteiger partial charge is 0.287 e. The zero-order valence-electron chi connectivity index (χ0n) is 14.9. The lowest BCUT2D eigenvalue weighted by Crippen LogP contribution is -2.35. The molecule has 1 aliphatic rings. The average Bonchev–Trinajstić information content (AvgIpc) is 2.94. The lowest BCUT2D eigenvalue weighted by atomic mass is 10.0. The molecule has 1 aromatic heterocycles. The molecule has 3 rings (SSSR count). The van der Waals surface area contributed by atoms with E-state index in [-0.39, 0.29) is 12.0 Å². The van der Waals surface area contributed by atoms with E-state index in [9.17, 15) is 9.90 Å². The number of carbonyl (C=O) groups is 1. The molecule has 0 unspecified atom stereocenters. The highest BCUT2D eigenvalue weighted by molar-refractivity contribution is 5.92. The molecule has 0 saturated carbocycles. The van der Waals surface area contributed by atoms with Crippen molar-refractivity contribution in [1.82, 2.24) is 10.2 Å². The number of nitrogens with one attached hydrogen (secondary N) is 1. The number of aliphatic hydroxyl groups is 1. The summed E-state index contributed by atoms with van der Waals surface area (Å²) in [6, 6.07) is 10.0. The Morgan fingerprint density at radius 1 is 1.24 bits per heavy atom. The zero-order valence-corrected chi connectivity index (χ0v) is 14.9. The summed E-state index contributed by atoms with van der Waals surface area (Å²) >= 11 is 0. The fourth-order valence-electron chi connectivity index (χ4n) is 3.33. The Kier molecular flexibility index (Phi) is 5.56. The highest BCUT2D eigenvalue weighted by Crippen LogP contribution is 2.17. The first-order valence-corrected chi connectivity index (χ1v) is 8.85. The van der Waals surface area contributed by atoms with E-state index in [0.29, 0.717) is 12.3 Å². The van der Waals surface area contributed by atoms with Gasteiger partial charge in [-0.3, -0.25) is 9.69 Å². The van der Waals surface area contributed by atoms with Gasteiger partial charge >= 0.3 is 0 Å². The Bertz CT molecular complexity index is 730. The van der Waals surface area contributed by atoms with E-state index in [0.717, 1.165) is 49.4 Å². The molecule has 2 heterocycles. The molecule has 5 nitrogen and oxygen atoms in total. The van der Waals surface area contributed by atoms with Crippen molar-refractivity contribution in [2.45, 2.75) is 45.9 Å². The van der Waals surface area contributed by atoms with Crippen LogP contribution in [0.1, 0.15) is 45.8 Å². The minimum atomic E-state index is -0.179. The number of hydrogen-bond donors (Lipinski definition) is 2. The minimum absolute atomic E-state index is 0.161. The standard InChI is InChI=1S/C20H26N2O3/c1-14-11-15(2)25-19(14)20(24)21-12-16-5-3-4-6-17(16)13-22-9-7-18(23)8-10-22/h3-6,11,18,23H,7-10,12-13H2,1-2H3,(H,21,24). The fraction of sp³-hybridized carbons (Fsp3) is 0.450. The highest BCUT2D eigenvalue weighted by atomic mass is 16.3. The molecule has 2 aromatic rings. The van der Waals surface area contributed by atoms with Gasteiger partial charge in [0, 0.05) is 31.7 Å². The van der Waals surface area contributed by atoms with Gasteiger partial charge in [0.05, 0.1) is 6.10 Å². The second-order valence-electron chi connectivity index (χ2n) is 6.83. The van der Waals surface area contributed by atoms with Crippen LogP contribution in [-0.2, 0) is 13.1 Å². The molecule has 1 saturated heterocycles. The molecule has 1 aromatic carbocycles. The second-order valence-corrected chi connectivity index (χ2v) is 6.83. The number of carbonyl (C=O) groups excluding carboxylic acids is 1. The topological polar surface area (TPSA) is 65.7 Å². The van der Waals surface area contributed by atoms with Crippen molar-refractivity contribution in [1.29, 1.82) is 0 Å². The summed E-state index contributed by atoms with van der Waals surface area (Å²) in [4.78, 5) is 14.7. The number of aliphatic hydroxyl groups excluding tert-OH is 1. The van der Waals surface area contributed by atoms with E-state index in [4.69, 9.17) is 4.42 Å². The van der Waals surface area contributed by atoms with E-state index in [1.165, 1.54) is 5.56 Å². The summed E-state index contributed by atoms with van der Waals surface area (Å²) in [5.41, 5.74) is 3.18. The average molecular weight is 342 g/mol. The van der Waals surface area contributed by atoms with Crippen LogP contribution in [0.25, 0.3) is 0 Å². The summed E-state index contributed by atoms with van der Waals surface area (Å²) in [5, 5.41) is 12.6. The van der Waals surface area contributed by atoms with Crippen LogP contribution in [0, 0.1) is 13.8 Å². The van der Waals surface area contributed by atoms with E-state index >= 15 is 0 Å². The van der Waals surface area contributed by atoms with Crippen molar-refractivity contribution < 1.29 is 14.3 Å².